The summed E-state index contributed by atoms with van der Waals surface area (Å²) in [6.07, 6.45) is 7.62. The fourth-order valence-corrected chi connectivity index (χ4v) is 5.42. The van der Waals surface area contributed by atoms with Gasteiger partial charge in [0.15, 0.2) is 5.96 Å². The molecule has 2 aliphatic heterocycles. The van der Waals surface area contributed by atoms with Gasteiger partial charge in [-0.25, -0.2) is 4.79 Å². The molecule has 0 radical (unpaired) electrons. The lowest BCUT2D eigenvalue weighted by Gasteiger charge is -2.34. The number of carboxylic acid groups (broad SMARTS) is 1. The zero-order valence-corrected chi connectivity index (χ0v) is 21.2. The van der Waals surface area contributed by atoms with Crippen LogP contribution in [0.2, 0.25) is 0 Å². The van der Waals surface area contributed by atoms with Gasteiger partial charge in [0.05, 0.1) is 0 Å². The molecule has 1 unspecified atom stereocenters. The molecule has 1 saturated carbocycles. The Bertz CT molecular complexity index is 963. The summed E-state index contributed by atoms with van der Waals surface area (Å²) in [5.41, 5.74) is 1.56. The number of amides is 2. The van der Waals surface area contributed by atoms with Gasteiger partial charge in [-0.05, 0) is 49.3 Å². The molecule has 2 amide bonds. The Morgan fingerprint density at radius 2 is 1.86 bits per heavy atom. The number of carbonyl (C=O) groups is 3. The van der Waals surface area contributed by atoms with Crippen molar-refractivity contribution in [3.8, 4) is 0 Å². The smallest absolute Gasteiger partial charge is 0.326 e. The van der Waals surface area contributed by atoms with Gasteiger partial charge in [0.2, 0.25) is 5.91 Å². The molecule has 1 aromatic rings. The second-order valence-electron chi connectivity index (χ2n) is 10.7. The number of nitrogens with one attached hydrogen (secondary N) is 3. The van der Waals surface area contributed by atoms with Gasteiger partial charge < -0.3 is 26.0 Å². The molecule has 2 heterocycles. The molecule has 0 spiro atoms. The van der Waals surface area contributed by atoms with Gasteiger partial charge in [-0.2, -0.15) is 4.99 Å². The largest absolute Gasteiger partial charge is 0.480 e. The zero-order chi connectivity index (χ0) is 25.5. The molecule has 196 valence electrons. The van der Waals surface area contributed by atoms with Crippen LogP contribution in [0.1, 0.15) is 63.9 Å². The minimum absolute atomic E-state index is 0.0786. The molecule has 4 rings (SSSR count). The Labute approximate surface area is 213 Å². The van der Waals surface area contributed by atoms with Gasteiger partial charge in [-0.1, -0.05) is 38.3 Å². The van der Waals surface area contributed by atoms with E-state index in [1.165, 1.54) is 0 Å². The predicted octanol–water partition coefficient (Wildman–Crippen LogP) is 2.45. The van der Waals surface area contributed by atoms with E-state index in [-0.39, 0.29) is 18.2 Å². The van der Waals surface area contributed by atoms with E-state index in [2.05, 4.69) is 25.8 Å². The molecule has 1 aromatic carbocycles. The van der Waals surface area contributed by atoms with Gasteiger partial charge in [0.25, 0.3) is 5.91 Å². The minimum atomic E-state index is -0.999. The highest BCUT2D eigenvalue weighted by Crippen LogP contribution is 2.36. The molecular weight excluding hydrogens is 458 g/mol. The SMILES string of the molecule is CC1(C(=O)NC(Cc2ccc(N3CCC(CNC4=NC(=O)CCN4)CC3)cc2)C(=O)O)CCCCC1. The molecular formula is C27H39N5O4. The molecule has 1 saturated heterocycles. The summed E-state index contributed by atoms with van der Waals surface area (Å²) in [7, 11) is 0. The lowest BCUT2D eigenvalue weighted by Crippen LogP contribution is -2.49. The van der Waals surface area contributed by atoms with Crippen molar-refractivity contribution in [1.29, 1.82) is 0 Å². The number of piperidine rings is 1. The van der Waals surface area contributed by atoms with Crippen LogP contribution in [0, 0.1) is 11.3 Å². The van der Waals surface area contributed by atoms with Crippen LogP contribution in [-0.2, 0) is 20.8 Å². The maximum atomic E-state index is 12.9. The molecule has 2 fully saturated rings. The molecule has 0 aromatic heterocycles. The lowest BCUT2D eigenvalue weighted by molar-refractivity contribution is -0.144. The molecule has 1 aliphatic carbocycles. The number of carboxylic acids is 1. The van der Waals surface area contributed by atoms with E-state index < -0.39 is 17.4 Å². The van der Waals surface area contributed by atoms with Gasteiger partial charge in [0, 0.05) is 50.1 Å². The van der Waals surface area contributed by atoms with Crippen molar-refractivity contribution >= 4 is 29.4 Å². The number of aliphatic imine (C=N–C) groups is 1. The van der Waals surface area contributed by atoms with Crippen molar-refractivity contribution in [1.82, 2.24) is 16.0 Å². The second-order valence-corrected chi connectivity index (χ2v) is 10.7. The third-order valence-electron chi connectivity index (χ3n) is 7.89. The summed E-state index contributed by atoms with van der Waals surface area (Å²) in [6.45, 7) is 5.27. The summed E-state index contributed by atoms with van der Waals surface area (Å²) < 4.78 is 0. The van der Waals surface area contributed by atoms with Crippen LogP contribution in [0.15, 0.2) is 29.3 Å². The lowest BCUT2D eigenvalue weighted by atomic mass is 9.75. The van der Waals surface area contributed by atoms with Gasteiger partial charge >= 0.3 is 5.97 Å². The van der Waals surface area contributed by atoms with Crippen LogP contribution in [0.5, 0.6) is 0 Å². The Morgan fingerprint density at radius 3 is 2.50 bits per heavy atom. The predicted molar refractivity (Wildman–Crippen MR) is 139 cm³/mol. The van der Waals surface area contributed by atoms with E-state index >= 15 is 0 Å². The van der Waals surface area contributed by atoms with Crippen molar-refractivity contribution in [2.45, 2.75) is 70.8 Å². The van der Waals surface area contributed by atoms with Gasteiger partial charge in [-0.15, -0.1) is 0 Å². The Kier molecular flexibility index (Phi) is 8.48. The average molecular weight is 498 g/mol. The van der Waals surface area contributed by atoms with E-state index in [1.54, 1.807) is 0 Å². The quantitative estimate of drug-likeness (QED) is 0.435. The van der Waals surface area contributed by atoms with E-state index in [0.29, 0.717) is 24.8 Å². The van der Waals surface area contributed by atoms with Crippen LogP contribution >= 0.6 is 0 Å². The number of carbonyl (C=O) groups excluding carboxylic acids is 2. The minimum Gasteiger partial charge on any atom is -0.480 e. The van der Waals surface area contributed by atoms with Crippen LogP contribution in [0.3, 0.4) is 0 Å². The van der Waals surface area contributed by atoms with Gasteiger partial charge in [0.1, 0.15) is 6.04 Å². The van der Waals surface area contributed by atoms with E-state index in [4.69, 9.17) is 0 Å². The Hall–Kier alpha value is -3.10. The summed E-state index contributed by atoms with van der Waals surface area (Å²) in [6, 6.07) is 7.10. The van der Waals surface area contributed by atoms with E-state index in [1.807, 2.05) is 31.2 Å². The van der Waals surface area contributed by atoms with E-state index in [0.717, 1.165) is 75.8 Å². The first kappa shape index (κ1) is 26.0. The third kappa shape index (κ3) is 6.77. The fraction of sp³-hybridized carbons (Fsp3) is 0.630. The molecule has 9 heteroatoms. The van der Waals surface area contributed by atoms with Crippen LogP contribution < -0.4 is 20.9 Å². The summed E-state index contributed by atoms with van der Waals surface area (Å²) in [4.78, 5) is 42.5. The Morgan fingerprint density at radius 1 is 1.17 bits per heavy atom. The first-order valence-electron chi connectivity index (χ1n) is 13.3. The number of rotatable bonds is 8. The monoisotopic (exact) mass is 497 g/mol. The van der Waals surface area contributed by atoms with E-state index in [9.17, 15) is 19.5 Å². The number of anilines is 1. The van der Waals surface area contributed by atoms with Crippen molar-refractivity contribution in [3.05, 3.63) is 29.8 Å². The number of nitrogens with zero attached hydrogens (tertiary/aromatic N) is 2. The Balaban J connectivity index is 1.25. The molecule has 36 heavy (non-hydrogen) atoms. The summed E-state index contributed by atoms with van der Waals surface area (Å²) >= 11 is 0. The highest BCUT2D eigenvalue weighted by Gasteiger charge is 2.36. The molecule has 9 nitrogen and oxygen atoms in total. The first-order chi connectivity index (χ1) is 17.3. The zero-order valence-electron chi connectivity index (χ0n) is 21.2. The summed E-state index contributed by atoms with van der Waals surface area (Å²) in [5, 5.41) is 18.9. The standard InChI is InChI=1S/C27H39N5O4/c1-27(12-3-2-4-13-27)25(36)30-22(24(34)35)17-19-5-7-21(8-6-19)32-15-10-20(11-16-32)18-29-26-28-14-9-23(33)31-26/h5-8,20,22H,2-4,9-18H2,1H3,(H,30,36)(H,34,35)(H2,28,29,31,33). The van der Waals surface area contributed by atoms with Crippen molar-refractivity contribution in [3.63, 3.8) is 0 Å². The number of guanidine groups is 1. The van der Waals surface area contributed by atoms with Crippen molar-refractivity contribution in [2.75, 3.05) is 31.1 Å². The normalized spacial score (nSPS) is 21.2. The number of benzene rings is 1. The molecule has 3 aliphatic rings. The van der Waals surface area contributed by atoms with Crippen LogP contribution in [-0.4, -0.2) is 61.1 Å². The first-order valence-corrected chi connectivity index (χ1v) is 13.3. The number of hydrogen-bond donors (Lipinski definition) is 4. The highest BCUT2D eigenvalue weighted by atomic mass is 16.4. The highest BCUT2D eigenvalue weighted by molar-refractivity contribution is 5.95. The molecule has 0 bridgehead atoms. The number of hydrogen-bond acceptors (Lipinski definition) is 6. The van der Waals surface area contributed by atoms with Crippen molar-refractivity contribution in [2.24, 2.45) is 16.3 Å². The maximum Gasteiger partial charge on any atom is 0.326 e. The topological polar surface area (TPSA) is 123 Å². The second kappa shape index (κ2) is 11.8. The number of aliphatic carboxylic acids is 1. The van der Waals surface area contributed by atoms with Crippen molar-refractivity contribution < 1.29 is 19.5 Å². The summed E-state index contributed by atoms with van der Waals surface area (Å²) in [5.74, 6) is -0.103. The van der Waals surface area contributed by atoms with Crippen LogP contribution in [0.4, 0.5) is 5.69 Å². The fourth-order valence-electron chi connectivity index (χ4n) is 5.42. The molecule has 4 N–H and O–H groups in total. The van der Waals surface area contributed by atoms with Crippen LogP contribution in [0.25, 0.3) is 0 Å². The molecule has 1 atom stereocenters. The maximum absolute atomic E-state index is 12.9. The van der Waals surface area contributed by atoms with Gasteiger partial charge in [-0.3, -0.25) is 9.59 Å². The third-order valence-corrected chi connectivity index (χ3v) is 7.89. The average Bonchev–Trinajstić information content (AvgIpc) is 2.88.